The Bertz CT molecular complexity index is 424. The Morgan fingerprint density at radius 2 is 2.35 bits per heavy atom. The zero-order chi connectivity index (χ0) is 12.1. The van der Waals surface area contributed by atoms with Crippen molar-refractivity contribution in [3.63, 3.8) is 0 Å². The fraction of sp³-hybridized carbons (Fsp3) is 0.417. The number of rotatable bonds is 3. The average molecular weight is 345 g/mol. The standard InChI is InChI=1S/C12H12INO3/c13-11-5-9(6-14)1-2-12(11)17-8-10-7-15-3-4-16-10/h1-2,5,10H,3-4,7-8H2. The van der Waals surface area contributed by atoms with Crippen LogP contribution < -0.4 is 4.74 Å². The molecule has 0 aliphatic carbocycles. The molecule has 0 bridgehead atoms. The Balaban J connectivity index is 1.92. The Hall–Kier alpha value is -0.840. The van der Waals surface area contributed by atoms with Crippen LogP contribution in [-0.2, 0) is 9.47 Å². The lowest BCUT2D eigenvalue weighted by molar-refractivity contribution is -0.101. The molecule has 0 radical (unpaired) electrons. The first kappa shape index (κ1) is 12.6. The van der Waals surface area contributed by atoms with Crippen LogP contribution in [0.3, 0.4) is 0 Å². The molecular weight excluding hydrogens is 333 g/mol. The molecule has 0 amide bonds. The fourth-order valence-corrected chi connectivity index (χ4v) is 2.17. The first-order valence-electron chi connectivity index (χ1n) is 5.31. The molecule has 1 aromatic rings. The topological polar surface area (TPSA) is 51.5 Å². The van der Waals surface area contributed by atoms with E-state index in [2.05, 4.69) is 28.7 Å². The summed E-state index contributed by atoms with van der Waals surface area (Å²) >= 11 is 2.16. The highest BCUT2D eigenvalue weighted by molar-refractivity contribution is 14.1. The summed E-state index contributed by atoms with van der Waals surface area (Å²) in [7, 11) is 0. The van der Waals surface area contributed by atoms with Crippen LogP contribution in [-0.4, -0.2) is 32.5 Å². The maximum Gasteiger partial charge on any atom is 0.132 e. The number of benzene rings is 1. The molecule has 0 spiro atoms. The maximum atomic E-state index is 8.76. The molecule has 17 heavy (non-hydrogen) atoms. The second-order valence-corrected chi connectivity index (χ2v) is 4.80. The molecule has 0 N–H and O–H groups in total. The molecule has 90 valence electrons. The van der Waals surface area contributed by atoms with Gasteiger partial charge in [-0.3, -0.25) is 0 Å². The van der Waals surface area contributed by atoms with Gasteiger partial charge in [0, 0.05) is 0 Å². The molecule has 1 atom stereocenters. The minimum atomic E-state index is -0.00445. The van der Waals surface area contributed by atoms with Crippen LogP contribution in [0.2, 0.25) is 0 Å². The summed E-state index contributed by atoms with van der Waals surface area (Å²) in [5, 5.41) is 8.76. The predicted molar refractivity (Wildman–Crippen MR) is 69.9 cm³/mol. The van der Waals surface area contributed by atoms with Crippen molar-refractivity contribution in [3.8, 4) is 11.8 Å². The normalized spacial score (nSPS) is 19.6. The Morgan fingerprint density at radius 3 is 3.00 bits per heavy atom. The maximum absolute atomic E-state index is 8.76. The highest BCUT2D eigenvalue weighted by atomic mass is 127. The summed E-state index contributed by atoms with van der Waals surface area (Å²) in [6.07, 6.45) is -0.00445. The van der Waals surface area contributed by atoms with Crippen molar-refractivity contribution >= 4 is 22.6 Å². The Morgan fingerprint density at radius 1 is 1.47 bits per heavy atom. The van der Waals surface area contributed by atoms with Gasteiger partial charge in [-0.15, -0.1) is 0 Å². The van der Waals surface area contributed by atoms with Gasteiger partial charge >= 0.3 is 0 Å². The van der Waals surface area contributed by atoms with E-state index in [4.69, 9.17) is 19.5 Å². The van der Waals surface area contributed by atoms with Crippen LogP contribution in [0.5, 0.6) is 5.75 Å². The summed E-state index contributed by atoms with van der Waals surface area (Å²) in [6.45, 7) is 2.33. The lowest BCUT2D eigenvalue weighted by Gasteiger charge is -2.23. The van der Waals surface area contributed by atoms with E-state index in [1.807, 2.05) is 6.07 Å². The molecule has 1 unspecified atom stereocenters. The van der Waals surface area contributed by atoms with Crippen LogP contribution in [0.1, 0.15) is 5.56 Å². The predicted octanol–water partition coefficient (Wildman–Crippen LogP) is 1.96. The molecular formula is C12H12INO3. The van der Waals surface area contributed by atoms with Gasteiger partial charge in [-0.2, -0.15) is 5.26 Å². The van der Waals surface area contributed by atoms with E-state index in [9.17, 15) is 0 Å². The van der Waals surface area contributed by atoms with E-state index < -0.39 is 0 Å². The van der Waals surface area contributed by atoms with Crippen molar-refractivity contribution in [1.82, 2.24) is 0 Å². The first-order valence-corrected chi connectivity index (χ1v) is 6.39. The smallest absolute Gasteiger partial charge is 0.132 e. The van der Waals surface area contributed by atoms with E-state index >= 15 is 0 Å². The number of hydrogen-bond donors (Lipinski definition) is 0. The van der Waals surface area contributed by atoms with Gasteiger partial charge in [0.05, 0.1) is 35.0 Å². The van der Waals surface area contributed by atoms with Gasteiger partial charge in [0.2, 0.25) is 0 Å². The van der Waals surface area contributed by atoms with E-state index in [0.29, 0.717) is 32.0 Å². The minimum Gasteiger partial charge on any atom is -0.490 e. The van der Waals surface area contributed by atoms with Crippen LogP contribution in [0.25, 0.3) is 0 Å². The summed E-state index contributed by atoms with van der Waals surface area (Å²) in [5.41, 5.74) is 0.638. The number of hydrogen-bond acceptors (Lipinski definition) is 4. The van der Waals surface area contributed by atoms with Crippen LogP contribution in [0.15, 0.2) is 18.2 Å². The molecule has 1 aliphatic rings. The third-order valence-corrected chi connectivity index (χ3v) is 3.21. The molecule has 1 aliphatic heterocycles. The van der Waals surface area contributed by atoms with Crippen molar-refractivity contribution in [2.45, 2.75) is 6.10 Å². The summed E-state index contributed by atoms with van der Waals surface area (Å²) < 4.78 is 17.3. The van der Waals surface area contributed by atoms with Gasteiger partial charge in [0.15, 0.2) is 0 Å². The molecule has 1 aromatic carbocycles. The monoisotopic (exact) mass is 345 g/mol. The highest BCUT2D eigenvalue weighted by Crippen LogP contribution is 2.22. The first-order chi connectivity index (χ1) is 8.29. The summed E-state index contributed by atoms with van der Waals surface area (Å²) in [6, 6.07) is 7.45. The third-order valence-electron chi connectivity index (χ3n) is 2.37. The molecule has 2 rings (SSSR count). The van der Waals surface area contributed by atoms with Crippen molar-refractivity contribution in [2.75, 3.05) is 26.4 Å². The quantitative estimate of drug-likeness (QED) is 0.786. The Labute approximate surface area is 114 Å². The van der Waals surface area contributed by atoms with Gasteiger partial charge in [0.1, 0.15) is 18.5 Å². The molecule has 1 heterocycles. The molecule has 1 saturated heterocycles. The van der Waals surface area contributed by atoms with Crippen molar-refractivity contribution < 1.29 is 14.2 Å². The van der Waals surface area contributed by atoms with Crippen LogP contribution >= 0.6 is 22.6 Å². The van der Waals surface area contributed by atoms with E-state index in [0.717, 1.165) is 9.32 Å². The largest absolute Gasteiger partial charge is 0.490 e. The third kappa shape index (κ3) is 3.56. The number of nitrogens with zero attached hydrogens (tertiary/aromatic N) is 1. The lowest BCUT2D eigenvalue weighted by atomic mass is 10.2. The molecule has 0 aromatic heterocycles. The molecule has 5 heteroatoms. The lowest BCUT2D eigenvalue weighted by Crippen LogP contribution is -2.33. The second kappa shape index (κ2) is 6.19. The molecule has 1 fully saturated rings. The minimum absolute atomic E-state index is 0.00445. The zero-order valence-electron chi connectivity index (χ0n) is 9.19. The van der Waals surface area contributed by atoms with Crippen LogP contribution in [0, 0.1) is 14.9 Å². The summed E-state index contributed by atoms with van der Waals surface area (Å²) in [5.74, 6) is 0.777. The molecule has 0 saturated carbocycles. The van der Waals surface area contributed by atoms with Crippen molar-refractivity contribution in [1.29, 1.82) is 5.26 Å². The van der Waals surface area contributed by atoms with E-state index in [1.165, 1.54) is 0 Å². The van der Waals surface area contributed by atoms with Crippen molar-refractivity contribution in [3.05, 3.63) is 27.3 Å². The number of ether oxygens (including phenoxy) is 3. The Kier molecular flexibility index (Phi) is 4.59. The number of halogens is 1. The number of nitriles is 1. The van der Waals surface area contributed by atoms with Crippen LogP contribution in [0.4, 0.5) is 0 Å². The summed E-state index contributed by atoms with van der Waals surface area (Å²) in [4.78, 5) is 0. The van der Waals surface area contributed by atoms with Gasteiger partial charge in [-0.05, 0) is 40.8 Å². The SMILES string of the molecule is N#Cc1ccc(OCC2COCCO2)c(I)c1. The zero-order valence-corrected chi connectivity index (χ0v) is 11.3. The van der Waals surface area contributed by atoms with E-state index in [-0.39, 0.29) is 6.10 Å². The fourth-order valence-electron chi connectivity index (χ4n) is 1.50. The van der Waals surface area contributed by atoms with Crippen molar-refractivity contribution in [2.24, 2.45) is 0 Å². The molecule has 4 nitrogen and oxygen atoms in total. The van der Waals surface area contributed by atoms with Gasteiger partial charge in [-0.25, -0.2) is 0 Å². The second-order valence-electron chi connectivity index (χ2n) is 3.64. The highest BCUT2D eigenvalue weighted by Gasteiger charge is 2.15. The average Bonchev–Trinajstić information content (AvgIpc) is 2.38. The van der Waals surface area contributed by atoms with Gasteiger partial charge < -0.3 is 14.2 Å². The van der Waals surface area contributed by atoms with Gasteiger partial charge in [-0.1, -0.05) is 0 Å². The van der Waals surface area contributed by atoms with Gasteiger partial charge in [0.25, 0.3) is 0 Å². The van der Waals surface area contributed by atoms with E-state index in [1.54, 1.807) is 12.1 Å².